The lowest BCUT2D eigenvalue weighted by molar-refractivity contribution is -0.115. The molecule has 0 bridgehead atoms. The first-order valence-corrected chi connectivity index (χ1v) is 8.97. The van der Waals surface area contributed by atoms with Crippen LogP contribution in [0.4, 0.5) is 5.95 Å². The van der Waals surface area contributed by atoms with E-state index in [-0.39, 0.29) is 5.91 Å². The van der Waals surface area contributed by atoms with E-state index in [9.17, 15) is 4.79 Å². The number of rotatable bonds is 4. The van der Waals surface area contributed by atoms with Crippen LogP contribution in [0.5, 0.6) is 0 Å². The van der Waals surface area contributed by atoms with Crippen LogP contribution in [-0.4, -0.2) is 25.7 Å². The van der Waals surface area contributed by atoms with Crippen molar-refractivity contribution in [2.75, 3.05) is 5.32 Å². The van der Waals surface area contributed by atoms with E-state index in [1.807, 2.05) is 23.0 Å². The SMILES string of the molecule is Cc1cccc2c(CC(=O)Nc3ncn(C4CCCCC4)n3)c[nH]c12. The third-order valence-corrected chi connectivity index (χ3v) is 5.07. The van der Waals surface area contributed by atoms with Gasteiger partial charge >= 0.3 is 0 Å². The zero-order chi connectivity index (χ0) is 17.2. The number of aromatic nitrogens is 4. The quantitative estimate of drug-likeness (QED) is 0.761. The number of fused-ring (bicyclic) bond motifs is 1. The Morgan fingerprint density at radius 2 is 2.16 bits per heavy atom. The molecule has 4 rings (SSSR count). The third kappa shape index (κ3) is 3.29. The van der Waals surface area contributed by atoms with E-state index in [1.165, 1.54) is 24.8 Å². The number of nitrogens with one attached hydrogen (secondary N) is 2. The Balaban J connectivity index is 1.43. The second-order valence-electron chi connectivity index (χ2n) is 6.88. The maximum absolute atomic E-state index is 12.4. The van der Waals surface area contributed by atoms with Crippen molar-refractivity contribution >= 4 is 22.8 Å². The Morgan fingerprint density at radius 3 is 3.00 bits per heavy atom. The molecule has 1 fully saturated rings. The standard InChI is InChI=1S/C19H23N5O/c1-13-6-5-9-16-14(11-20-18(13)16)10-17(25)22-19-21-12-24(23-19)15-7-3-2-4-8-15/h5-6,9,11-12,15,20H,2-4,7-8,10H2,1H3,(H,22,23,25). The molecule has 0 saturated heterocycles. The van der Waals surface area contributed by atoms with Crippen LogP contribution >= 0.6 is 0 Å². The number of amides is 1. The molecule has 1 saturated carbocycles. The number of anilines is 1. The van der Waals surface area contributed by atoms with Gasteiger partial charge in [-0.05, 0) is 30.9 Å². The molecule has 2 N–H and O–H groups in total. The summed E-state index contributed by atoms with van der Waals surface area (Å²) in [4.78, 5) is 19.9. The Labute approximate surface area is 146 Å². The van der Waals surface area contributed by atoms with Crippen LogP contribution in [0.2, 0.25) is 0 Å². The average Bonchev–Trinajstić information content (AvgIpc) is 3.24. The molecule has 130 valence electrons. The van der Waals surface area contributed by atoms with Gasteiger partial charge in [0.15, 0.2) is 0 Å². The fourth-order valence-corrected chi connectivity index (χ4v) is 3.71. The summed E-state index contributed by atoms with van der Waals surface area (Å²) in [7, 11) is 0. The lowest BCUT2D eigenvalue weighted by Gasteiger charge is -2.21. The number of benzene rings is 1. The summed E-state index contributed by atoms with van der Waals surface area (Å²) in [5.41, 5.74) is 3.25. The number of para-hydroxylation sites is 1. The molecule has 2 heterocycles. The first-order chi connectivity index (χ1) is 12.2. The summed E-state index contributed by atoms with van der Waals surface area (Å²) < 4.78 is 1.91. The number of carbonyl (C=O) groups is 1. The molecule has 0 spiro atoms. The number of aromatic amines is 1. The van der Waals surface area contributed by atoms with Crippen LogP contribution in [0.15, 0.2) is 30.7 Å². The number of hydrogen-bond donors (Lipinski definition) is 2. The van der Waals surface area contributed by atoms with Crippen LogP contribution in [-0.2, 0) is 11.2 Å². The fraction of sp³-hybridized carbons (Fsp3) is 0.421. The maximum atomic E-state index is 12.4. The van der Waals surface area contributed by atoms with E-state index < -0.39 is 0 Å². The second kappa shape index (κ2) is 6.70. The van der Waals surface area contributed by atoms with Crippen LogP contribution in [0.25, 0.3) is 10.9 Å². The normalized spacial score (nSPS) is 15.6. The monoisotopic (exact) mass is 337 g/mol. The van der Waals surface area contributed by atoms with Gasteiger partial charge in [-0.2, -0.15) is 0 Å². The van der Waals surface area contributed by atoms with Gasteiger partial charge in [0.2, 0.25) is 11.9 Å². The Bertz CT molecular complexity index is 888. The number of H-pyrrole nitrogens is 1. The summed E-state index contributed by atoms with van der Waals surface area (Å²) >= 11 is 0. The molecular formula is C19H23N5O. The summed E-state index contributed by atoms with van der Waals surface area (Å²) in [5, 5.41) is 8.36. The molecule has 0 radical (unpaired) electrons. The topological polar surface area (TPSA) is 75.6 Å². The van der Waals surface area contributed by atoms with E-state index in [0.717, 1.165) is 29.3 Å². The average molecular weight is 337 g/mol. The fourth-order valence-electron chi connectivity index (χ4n) is 3.71. The van der Waals surface area contributed by atoms with Crippen molar-refractivity contribution in [1.82, 2.24) is 19.7 Å². The van der Waals surface area contributed by atoms with Gasteiger partial charge in [-0.1, -0.05) is 37.5 Å². The van der Waals surface area contributed by atoms with Crippen LogP contribution in [0, 0.1) is 6.92 Å². The third-order valence-electron chi connectivity index (χ3n) is 5.07. The van der Waals surface area contributed by atoms with Gasteiger partial charge in [-0.25, -0.2) is 9.67 Å². The van der Waals surface area contributed by atoms with Crippen LogP contribution in [0.3, 0.4) is 0 Å². The van der Waals surface area contributed by atoms with E-state index in [4.69, 9.17) is 0 Å². The van der Waals surface area contributed by atoms with Gasteiger partial charge < -0.3 is 4.98 Å². The van der Waals surface area contributed by atoms with E-state index >= 15 is 0 Å². The highest BCUT2D eigenvalue weighted by molar-refractivity contribution is 5.95. The van der Waals surface area contributed by atoms with Crippen molar-refractivity contribution in [3.63, 3.8) is 0 Å². The zero-order valence-electron chi connectivity index (χ0n) is 14.5. The highest BCUT2D eigenvalue weighted by Gasteiger charge is 2.17. The van der Waals surface area contributed by atoms with Crippen molar-refractivity contribution < 1.29 is 4.79 Å². The minimum absolute atomic E-state index is 0.0937. The molecule has 1 amide bonds. The molecule has 1 aliphatic rings. The largest absolute Gasteiger partial charge is 0.361 e. The first-order valence-electron chi connectivity index (χ1n) is 8.97. The van der Waals surface area contributed by atoms with Crippen molar-refractivity contribution in [3.8, 4) is 0 Å². The molecule has 0 aliphatic heterocycles. The van der Waals surface area contributed by atoms with Crippen molar-refractivity contribution in [1.29, 1.82) is 0 Å². The van der Waals surface area contributed by atoms with E-state index in [0.29, 0.717) is 18.4 Å². The van der Waals surface area contributed by atoms with Gasteiger partial charge in [0.1, 0.15) is 6.33 Å². The van der Waals surface area contributed by atoms with Crippen molar-refractivity contribution in [2.45, 2.75) is 51.5 Å². The highest BCUT2D eigenvalue weighted by Crippen LogP contribution is 2.27. The number of carbonyl (C=O) groups excluding carboxylic acids is 1. The zero-order valence-corrected chi connectivity index (χ0v) is 14.5. The predicted octanol–water partition coefficient (Wildman–Crippen LogP) is 3.75. The lowest BCUT2D eigenvalue weighted by atomic mass is 9.96. The molecule has 6 heteroatoms. The molecule has 0 unspecified atom stereocenters. The van der Waals surface area contributed by atoms with Crippen molar-refractivity contribution in [2.24, 2.45) is 0 Å². The van der Waals surface area contributed by atoms with Crippen LogP contribution in [0.1, 0.15) is 49.3 Å². The lowest BCUT2D eigenvalue weighted by Crippen LogP contribution is -2.17. The minimum Gasteiger partial charge on any atom is -0.361 e. The Morgan fingerprint density at radius 1 is 1.32 bits per heavy atom. The number of hydrogen-bond acceptors (Lipinski definition) is 3. The molecule has 0 atom stereocenters. The summed E-state index contributed by atoms with van der Waals surface area (Å²) in [6.07, 6.45) is 10.0. The minimum atomic E-state index is -0.0937. The van der Waals surface area contributed by atoms with Gasteiger partial charge in [-0.15, -0.1) is 5.10 Å². The second-order valence-corrected chi connectivity index (χ2v) is 6.88. The van der Waals surface area contributed by atoms with Gasteiger partial charge in [0, 0.05) is 17.1 Å². The van der Waals surface area contributed by atoms with Gasteiger partial charge in [-0.3, -0.25) is 10.1 Å². The molecule has 2 aromatic heterocycles. The van der Waals surface area contributed by atoms with Gasteiger partial charge in [0.05, 0.1) is 12.5 Å². The van der Waals surface area contributed by atoms with Crippen LogP contribution < -0.4 is 5.32 Å². The highest BCUT2D eigenvalue weighted by atomic mass is 16.1. The molecule has 1 aromatic carbocycles. The summed E-state index contributed by atoms with van der Waals surface area (Å²) in [6, 6.07) is 6.53. The summed E-state index contributed by atoms with van der Waals surface area (Å²) in [6.45, 7) is 2.06. The van der Waals surface area contributed by atoms with Gasteiger partial charge in [0.25, 0.3) is 0 Å². The smallest absolute Gasteiger partial charge is 0.248 e. The van der Waals surface area contributed by atoms with Crippen molar-refractivity contribution in [3.05, 3.63) is 41.9 Å². The molecule has 6 nitrogen and oxygen atoms in total. The van der Waals surface area contributed by atoms with E-state index in [2.05, 4.69) is 33.4 Å². The molecule has 1 aliphatic carbocycles. The molecular weight excluding hydrogens is 314 g/mol. The Kier molecular flexibility index (Phi) is 4.26. The maximum Gasteiger partial charge on any atom is 0.248 e. The first kappa shape index (κ1) is 15.9. The number of aryl methyl sites for hydroxylation is 1. The predicted molar refractivity (Wildman–Crippen MR) is 97.5 cm³/mol. The summed E-state index contributed by atoms with van der Waals surface area (Å²) in [5.74, 6) is 0.301. The van der Waals surface area contributed by atoms with E-state index in [1.54, 1.807) is 6.33 Å². The molecule has 3 aromatic rings. The Hall–Kier alpha value is -2.63. The number of nitrogens with zero attached hydrogens (tertiary/aromatic N) is 3. The molecule has 25 heavy (non-hydrogen) atoms.